The van der Waals surface area contributed by atoms with E-state index >= 15 is 0 Å². The van der Waals surface area contributed by atoms with E-state index in [0.29, 0.717) is 6.54 Å². The van der Waals surface area contributed by atoms with Crippen LogP contribution in [0.1, 0.15) is 0 Å². The molecule has 0 spiro atoms. The minimum absolute atomic E-state index is 0.111. The van der Waals surface area contributed by atoms with Gasteiger partial charge in [0.15, 0.2) is 0 Å². The Hall–Kier alpha value is -1.81. The molecular weight excluding hydrogens is 190 g/mol. The van der Waals surface area contributed by atoms with E-state index in [0.717, 1.165) is 17.2 Å². The molecule has 0 atom stereocenters. The average Bonchev–Trinajstić information content (AvgIpc) is 2.76. The van der Waals surface area contributed by atoms with E-state index in [1.54, 1.807) is 6.20 Å². The van der Waals surface area contributed by atoms with Gasteiger partial charge in [-0.25, -0.2) is 4.98 Å². The number of nitrogens with one attached hydrogen (secondary N) is 2. The molecule has 4 heteroatoms. The summed E-state index contributed by atoms with van der Waals surface area (Å²) in [7, 11) is 0. The van der Waals surface area contributed by atoms with Crippen molar-refractivity contribution in [1.82, 2.24) is 9.97 Å². The van der Waals surface area contributed by atoms with E-state index in [9.17, 15) is 0 Å². The molecule has 1 aromatic heterocycles. The van der Waals surface area contributed by atoms with Crippen LogP contribution in [-0.4, -0.2) is 28.2 Å². The topological polar surface area (TPSA) is 60.9 Å². The number of imidazole rings is 1. The van der Waals surface area contributed by atoms with Crippen LogP contribution in [0.15, 0.2) is 36.5 Å². The third kappa shape index (κ3) is 2.35. The van der Waals surface area contributed by atoms with Gasteiger partial charge < -0.3 is 15.4 Å². The molecule has 4 nitrogen and oxygen atoms in total. The zero-order valence-corrected chi connectivity index (χ0v) is 8.27. The number of aliphatic hydroxyl groups excluding tert-OH is 1. The number of nitrogens with zero attached hydrogens (tertiary/aromatic N) is 1. The van der Waals surface area contributed by atoms with Crippen LogP contribution in [0, 0.1) is 0 Å². The number of benzene rings is 1. The molecule has 3 N–H and O–H groups in total. The Bertz CT molecular complexity index is 411. The molecule has 0 fully saturated rings. The molecule has 78 valence electrons. The first kappa shape index (κ1) is 9.73. The molecule has 2 rings (SSSR count). The quantitative estimate of drug-likeness (QED) is 0.705. The molecule has 0 saturated carbocycles. The molecule has 0 unspecified atom stereocenters. The van der Waals surface area contributed by atoms with Crippen molar-refractivity contribution in [1.29, 1.82) is 0 Å². The van der Waals surface area contributed by atoms with Gasteiger partial charge in [-0.15, -0.1) is 0 Å². The maximum atomic E-state index is 8.65. The van der Waals surface area contributed by atoms with E-state index in [4.69, 9.17) is 5.11 Å². The Morgan fingerprint density at radius 2 is 2.07 bits per heavy atom. The number of hydrogen-bond donors (Lipinski definition) is 3. The Balaban J connectivity index is 2.14. The summed E-state index contributed by atoms with van der Waals surface area (Å²) < 4.78 is 0. The predicted octanol–water partition coefficient (Wildman–Crippen LogP) is 1.48. The van der Waals surface area contributed by atoms with Gasteiger partial charge in [-0.2, -0.15) is 0 Å². The van der Waals surface area contributed by atoms with Gasteiger partial charge in [0.25, 0.3) is 0 Å². The zero-order valence-electron chi connectivity index (χ0n) is 8.27. The average molecular weight is 203 g/mol. The Kier molecular flexibility index (Phi) is 2.99. The van der Waals surface area contributed by atoms with Crippen molar-refractivity contribution in [3.8, 4) is 11.4 Å². The van der Waals surface area contributed by atoms with Crippen LogP contribution in [0.5, 0.6) is 0 Å². The minimum atomic E-state index is 0.111. The Morgan fingerprint density at radius 3 is 2.80 bits per heavy atom. The van der Waals surface area contributed by atoms with Crippen LogP contribution in [0.25, 0.3) is 11.4 Å². The molecule has 1 heterocycles. The van der Waals surface area contributed by atoms with Crippen molar-refractivity contribution in [3.63, 3.8) is 0 Å². The molecule has 15 heavy (non-hydrogen) atoms. The van der Waals surface area contributed by atoms with E-state index in [1.807, 2.05) is 30.3 Å². The summed E-state index contributed by atoms with van der Waals surface area (Å²) in [6, 6.07) is 9.90. The highest BCUT2D eigenvalue weighted by Crippen LogP contribution is 2.16. The summed E-state index contributed by atoms with van der Waals surface area (Å²) in [5.74, 6) is 1.65. The van der Waals surface area contributed by atoms with Crippen molar-refractivity contribution < 1.29 is 5.11 Å². The van der Waals surface area contributed by atoms with Crippen molar-refractivity contribution in [2.24, 2.45) is 0 Å². The van der Waals surface area contributed by atoms with E-state index < -0.39 is 0 Å². The Morgan fingerprint density at radius 1 is 1.27 bits per heavy atom. The molecule has 0 aliphatic carbocycles. The van der Waals surface area contributed by atoms with E-state index in [-0.39, 0.29) is 6.61 Å². The molecular formula is C11H13N3O. The summed E-state index contributed by atoms with van der Waals surface area (Å²) >= 11 is 0. The first-order valence-electron chi connectivity index (χ1n) is 4.85. The van der Waals surface area contributed by atoms with Gasteiger partial charge in [0.2, 0.25) is 0 Å². The molecule has 0 radical (unpaired) electrons. The predicted molar refractivity (Wildman–Crippen MR) is 59.6 cm³/mol. The highest BCUT2D eigenvalue weighted by Gasteiger charge is 2.01. The van der Waals surface area contributed by atoms with Gasteiger partial charge in [0.1, 0.15) is 11.6 Å². The van der Waals surface area contributed by atoms with Crippen LogP contribution < -0.4 is 5.32 Å². The standard InChI is InChI=1S/C11H13N3O/c15-7-6-12-10-8-13-11(14-10)9-4-2-1-3-5-9/h1-5,8,12,15H,6-7H2,(H,13,14). The lowest BCUT2D eigenvalue weighted by atomic mass is 10.2. The van der Waals surface area contributed by atoms with Crippen LogP contribution >= 0.6 is 0 Å². The normalized spacial score (nSPS) is 10.2. The fraction of sp³-hybridized carbons (Fsp3) is 0.182. The van der Waals surface area contributed by atoms with Gasteiger partial charge in [-0.1, -0.05) is 30.3 Å². The second-order valence-corrected chi connectivity index (χ2v) is 3.16. The summed E-state index contributed by atoms with van der Waals surface area (Å²) in [5.41, 5.74) is 1.05. The minimum Gasteiger partial charge on any atom is -0.395 e. The SMILES string of the molecule is OCCNc1cnc(-c2ccccc2)[nH]1. The van der Waals surface area contributed by atoms with Crippen molar-refractivity contribution >= 4 is 5.82 Å². The molecule has 0 aliphatic heterocycles. The lowest BCUT2D eigenvalue weighted by molar-refractivity contribution is 0.311. The number of H-pyrrole nitrogens is 1. The molecule has 0 amide bonds. The first-order chi connectivity index (χ1) is 7.40. The third-order valence-corrected chi connectivity index (χ3v) is 2.05. The second-order valence-electron chi connectivity index (χ2n) is 3.16. The van der Waals surface area contributed by atoms with Gasteiger partial charge in [0, 0.05) is 12.1 Å². The number of aromatic nitrogens is 2. The summed E-state index contributed by atoms with van der Waals surface area (Å²) in [5, 5.41) is 11.7. The monoisotopic (exact) mass is 203 g/mol. The van der Waals surface area contributed by atoms with Crippen LogP contribution in [0.4, 0.5) is 5.82 Å². The fourth-order valence-corrected chi connectivity index (χ4v) is 1.34. The van der Waals surface area contributed by atoms with Gasteiger partial charge in [0.05, 0.1) is 12.8 Å². The van der Waals surface area contributed by atoms with Gasteiger partial charge in [-0.05, 0) is 0 Å². The van der Waals surface area contributed by atoms with Crippen molar-refractivity contribution in [3.05, 3.63) is 36.5 Å². The number of hydrogen-bond acceptors (Lipinski definition) is 3. The van der Waals surface area contributed by atoms with Gasteiger partial charge >= 0.3 is 0 Å². The highest BCUT2D eigenvalue weighted by molar-refractivity contribution is 5.57. The molecule has 0 saturated heterocycles. The van der Waals surface area contributed by atoms with Crippen LogP contribution in [0.3, 0.4) is 0 Å². The maximum absolute atomic E-state index is 8.65. The lowest BCUT2D eigenvalue weighted by Gasteiger charge is -1.99. The lowest BCUT2D eigenvalue weighted by Crippen LogP contribution is -2.05. The second kappa shape index (κ2) is 4.61. The van der Waals surface area contributed by atoms with Crippen LogP contribution in [-0.2, 0) is 0 Å². The van der Waals surface area contributed by atoms with Crippen molar-refractivity contribution in [2.75, 3.05) is 18.5 Å². The molecule has 0 bridgehead atoms. The fourth-order valence-electron chi connectivity index (χ4n) is 1.34. The molecule has 2 aromatic rings. The highest BCUT2D eigenvalue weighted by atomic mass is 16.3. The smallest absolute Gasteiger partial charge is 0.138 e. The van der Waals surface area contributed by atoms with Crippen molar-refractivity contribution in [2.45, 2.75) is 0 Å². The zero-order chi connectivity index (χ0) is 10.5. The van der Waals surface area contributed by atoms with Crippen LogP contribution in [0.2, 0.25) is 0 Å². The number of aliphatic hydroxyl groups is 1. The molecule has 1 aromatic carbocycles. The first-order valence-corrected chi connectivity index (χ1v) is 4.85. The third-order valence-electron chi connectivity index (χ3n) is 2.05. The largest absolute Gasteiger partial charge is 0.395 e. The summed E-state index contributed by atoms with van der Waals surface area (Å²) in [4.78, 5) is 7.37. The number of rotatable bonds is 4. The number of aromatic amines is 1. The van der Waals surface area contributed by atoms with E-state index in [1.165, 1.54) is 0 Å². The summed E-state index contributed by atoms with van der Waals surface area (Å²) in [6.07, 6.45) is 1.72. The molecule has 0 aliphatic rings. The Labute approximate surface area is 88.0 Å². The summed E-state index contributed by atoms with van der Waals surface area (Å²) in [6.45, 7) is 0.635. The number of anilines is 1. The van der Waals surface area contributed by atoms with E-state index in [2.05, 4.69) is 15.3 Å². The van der Waals surface area contributed by atoms with Gasteiger partial charge in [-0.3, -0.25) is 0 Å². The maximum Gasteiger partial charge on any atom is 0.138 e.